The number of rotatable bonds is 4. The van der Waals surface area contributed by atoms with Crippen LogP contribution in [0.5, 0.6) is 0 Å². The number of likely N-dealkylation sites (tertiary alicyclic amines) is 1. The van der Waals surface area contributed by atoms with Crippen LogP contribution in [0.4, 0.5) is 4.39 Å². The fourth-order valence-corrected chi connectivity index (χ4v) is 4.93. The lowest BCUT2D eigenvalue weighted by molar-refractivity contribution is -0.133. The first-order valence-corrected chi connectivity index (χ1v) is 9.88. The van der Waals surface area contributed by atoms with E-state index in [1.807, 2.05) is 22.3 Å². The molecule has 3 nitrogen and oxygen atoms in total. The molecule has 0 unspecified atom stereocenters. The van der Waals surface area contributed by atoms with Gasteiger partial charge in [-0.2, -0.15) is 0 Å². The summed E-state index contributed by atoms with van der Waals surface area (Å²) in [5, 5.41) is 2.14. The second-order valence-corrected chi connectivity index (χ2v) is 8.05. The summed E-state index contributed by atoms with van der Waals surface area (Å²) < 4.78 is 13.4. The van der Waals surface area contributed by atoms with E-state index < -0.39 is 0 Å². The zero-order valence-electron chi connectivity index (χ0n) is 14.3. The minimum atomic E-state index is -0.201. The van der Waals surface area contributed by atoms with Crippen molar-refractivity contribution in [2.75, 3.05) is 19.6 Å². The number of fused-ring (bicyclic) bond motifs is 1. The average Bonchev–Trinajstić information content (AvgIpc) is 3.23. The van der Waals surface area contributed by atoms with Gasteiger partial charge >= 0.3 is 0 Å². The van der Waals surface area contributed by atoms with E-state index in [4.69, 9.17) is 0 Å². The van der Waals surface area contributed by atoms with Crippen molar-refractivity contribution in [3.63, 3.8) is 0 Å². The van der Waals surface area contributed by atoms with E-state index in [1.54, 1.807) is 12.1 Å². The third kappa shape index (κ3) is 3.77. The molecule has 2 aliphatic heterocycles. The maximum absolute atomic E-state index is 13.4. The molecular formula is C20H23FN2OS. The molecular weight excluding hydrogens is 335 g/mol. The zero-order valence-corrected chi connectivity index (χ0v) is 15.1. The Morgan fingerprint density at radius 3 is 3.08 bits per heavy atom. The van der Waals surface area contributed by atoms with Gasteiger partial charge in [-0.1, -0.05) is 12.1 Å². The molecule has 4 rings (SSSR count). The average molecular weight is 358 g/mol. The van der Waals surface area contributed by atoms with Crippen molar-refractivity contribution in [3.8, 4) is 0 Å². The standard InChI is InChI=1S/C20H23FN2OS/c21-17-4-1-3-15(11-17)12-18-5-2-8-23(18)20(24)14-22-9-6-19-16(13-22)7-10-25-19/h1,3-4,7,10-11,18H,2,5-6,8-9,12-14H2/t18-/m0/s1. The monoisotopic (exact) mass is 358 g/mol. The van der Waals surface area contributed by atoms with Crippen molar-refractivity contribution in [2.45, 2.75) is 38.3 Å². The highest BCUT2D eigenvalue weighted by molar-refractivity contribution is 7.10. The van der Waals surface area contributed by atoms with Gasteiger partial charge in [0.15, 0.2) is 0 Å². The number of amides is 1. The zero-order chi connectivity index (χ0) is 17.2. The molecule has 0 saturated carbocycles. The lowest BCUT2D eigenvalue weighted by Crippen LogP contribution is -2.44. The fraction of sp³-hybridized carbons (Fsp3) is 0.450. The molecule has 0 radical (unpaired) electrons. The Kier molecular flexibility index (Phi) is 4.86. The van der Waals surface area contributed by atoms with E-state index in [0.717, 1.165) is 50.9 Å². The van der Waals surface area contributed by atoms with E-state index in [1.165, 1.54) is 16.5 Å². The molecule has 0 aliphatic carbocycles. The molecule has 0 spiro atoms. The smallest absolute Gasteiger partial charge is 0.237 e. The number of carbonyl (C=O) groups is 1. The molecule has 132 valence electrons. The lowest BCUT2D eigenvalue weighted by atomic mass is 10.0. The summed E-state index contributed by atoms with van der Waals surface area (Å²) >= 11 is 1.82. The summed E-state index contributed by atoms with van der Waals surface area (Å²) in [4.78, 5) is 18.6. The molecule has 1 amide bonds. The topological polar surface area (TPSA) is 23.6 Å². The van der Waals surface area contributed by atoms with Gasteiger partial charge in [0.25, 0.3) is 0 Å². The molecule has 25 heavy (non-hydrogen) atoms. The van der Waals surface area contributed by atoms with Crippen LogP contribution in [-0.2, 0) is 24.2 Å². The molecule has 1 saturated heterocycles. The second kappa shape index (κ2) is 7.26. The van der Waals surface area contributed by atoms with E-state index in [0.29, 0.717) is 6.54 Å². The van der Waals surface area contributed by atoms with E-state index >= 15 is 0 Å². The van der Waals surface area contributed by atoms with Crippen molar-refractivity contribution in [1.82, 2.24) is 9.80 Å². The van der Waals surface area contributed by atoms with E-state index in [2.05, 4.69) is 16.3 Å². The predicted octanol–water partition coefficient (Wildman–Crippen LogP) is 3.48. The number of carbonyl (C=O) groups excluding carboxylic acids is 1. The van der Waals surface area contributed by atoms with Crippen molar-refractivity contribution < 1.29 is 9.18 Å². The summed E-state index contributed by atoms with van der Waals surface area (Å²) in [6.07, 6.45) is 3.85. The normalized spacial score (nSPS) is 20.7. The summed E-state index contributed by atoms with van der Waals surface area (Å²) in [7, 11) is 0. The molecule has 3 heterocycles. The lowest BCUT2D eigenvalue weighted by Gasteiger charge is -2.30. The summed E-state index contributed by atoms with van der Waals surface area (Å²) in [6, 6.07) is 9.14. The van der Waals surface area contributed by atoms with E-state index in [9.17, 15) is 9.18 Å². The molecule has 1 aromatic carbocycles. The third-order valence-electron chi connectivity index (χ3n) is 5.30. The van der Waals surface area contributed by atoms with Crippen molar-refractivity contribution in [2.24, 2.45) is 0 Å². The molecule has 2 aromatic rings. The van der Waals surface area contributed by atoms with Crippen LogP contribution in [-0.4, -0.2) is 41.4 Å². The molecule has 2 aliphatic rings. The highest BCUT2D eigenvalue weighted by Gasteiger charge is 2.30. The van der Waals surface area contributed by atoms with E-state index in [-0.39, 0.29) is 17.8 Å². The largest absolute Gasteiger partial charge is 0.338 e. The molecule has 1 aromatic heterocycles. The molecule has 5 heteroatoms. The van der Waals surface area contributed by atoms with Crippen molar-refractivity contribution in [3.05, 3.63) is 57.5 Å². The SMILES string of the molecule is O=C(CN1CCc2sccc2C1)N1CCC[C@H]1Cc1cccc(F)c1. The van der Waals surface area contributed by atoms with Crippen LogP contribution in [0.1, 0.15) is 28.8 Å². The van der Waals surface area contributed by atoms with Gasteiger partial charge in [-0.25, -0.2) is 4.39 Å². The summed E-state index contributed by atoms with van der Waals surface area (Å²) in [5.41, 5.74) is 2.35. The number of thiophene rings is 1. The van der Waals surface area contributed by atoms with Crippen molar-refractivity contribution >= 4 is 17.2 Å². The van der Waals surface area contributed by atoms with Crippen LogP contribution in [0.25, 0.3) is 0 Å². The summed E-state index contributed by atoms with van der Waals surface area (Å²) in [6.45, 7) is 3.17. The van der Waals surface area contributed by atoms with Gasteiger partial charge in [-0.05, 0) is 60.4 Å². The Labute approximate surface area is 152 Å². The molecule has 0 N–H and O–H groups in total. The van der Waals surface area contributed by atoms with Crippen LogP contribution >= 0.6 is 11.3 Å². The van der Waals surface area contributed by atoms with Gasteiger partial charge in [0.05, 0.1) is 6.54 Å². The Morgan fingerprint density at radius 1 is 1.28 bits per heavy atom. The van der Waals surface area contributed by atoms with Gasteiger partial charge in [0.1, 0.15) is 5.82 Å². The second-order valence-electron chi connectivity index (χ2n) is 7.05. The van der Waals surface area contributed by atoms with Crippen molar-refractivity contribution in [1.29, 1.82) is 0 Å². The number of halogens is 1. The minimum absolute atomic E-state index is 0.201. The quantitative estimate of drug-likeness (QED) is 0.835. The highest BCUT2D eigenvalue weighted by Crippen LogP contribution is 2.25. The Morgan fingerprint density at radius 2 is 2.20 bits per heavy atom. The predicted molar refractivity (Wildman–Crippen MR) is 98.1 cm³/mol. The number of hydrogen-bond acceptors (Lipinski definition) is 3. The first-order valence-electron chi connectivity index (χ1n) is 9.00. The first kappa shape index (κ1) is 16.7. The van der Waals surface area contributed by atoms with Gasteiger partial charge in [0.2, 0.25) is 5.91 Å². The van der Waals surface area contributed by atoms with Crippen LogP contribution in [0.2, 0.25) is 0 Å². The van der Waals surface area contributed by atoms with Crippen LogP contribution in [0.3, 0.4) is 0 Å². The number of benzene rings is 1. The van der Waals surface area contributed by atoms with Crippen LogP contribution in [0.15, 0.2) is 35.7 Å². The van der Waals surface area contributed by atoms with Crippen LogP contribution < -0.4 is 0 Å². The minimum Gasteiger partial charge on any atom is -0.338 e. The molecule has 1 atom stereocenters. The molecule has 0 bridgehead atoms. The maximum Gasteiger partial charge on any atom is 0.237 e. The van der Waals surface area contributed by atoms with Crippen LogP contribution in [0, 0.1) is 5.82 Å². The Bertz CT molecular complexity index is 760. The number of nitrogens with zero attached hydrogens (tertiary/aromatic N) is 2. The van der Waals surface area contributed by atoms with Gasteiger partial charge in [0, 0.05) is 30.6 Å². The Balaban J connectivity index is 1.38. The maximum atomic E-state index is 13.4. The summed E-state index contributed by atoms with van der Waals surface area (Å²) in [5.74, 6) is 0.0193. The highest BCUT2D eigenvalue weighted by atomic mass is 32.1. The van der Waals surface area contributed by atoms with Gasteiger partial charge in [-0.15, -0.1) is 11.3 Å². The third-order valence-corrected chi connectivity index (χ3v) is 6.33. The van der Waals surface area contributed by atoms with Gasteiger partial charge < -0.3 is 4.90 Å². The fourth-order valence-electron chi connectivity index (χ4n) is 4.04. The Hall–Kier alpha value is -1.72. The van der Waals surface area contributed by atoms with Gasteiger partial charge in [-0.3, -0.25) is 9.69 Å². The molecule has 1 fully saturated rings. The number of hydrogen-bond donors (Lipinski definition) is 0. The first-order chi connectivity index (χ1) is 12.2.